The highest BCUT2D eigenvalue weighted by Crippen LogP contribution is 2.18. The van der Waals surface area contributed by atoms with Gasteiger partial charge < -0.3 is 0 Å². The summed E-state index contributed by atoms with van der Waals surface area (Å²) in [5, 5.41) is 0. The molecule has 0 aromatic heterocycles. The molecule has 2 rings (SSSR count). The minimum absolute atomic E-state index is 1.27. The maximum Gasteiger partial charge on any atom is -0.0238 e. The van der Waals surface area contributed by atoms with E-state index in [1.807, 2.05) is 0 Å². The first-order valence-corrected chi connectivity index (χ1v) is 3.44. The normalized spacial score (nSPS) is 14.3. The Morgan fingerprint density at radius 3 is 2.11 bits per heavy atom. The zero-order chi connectivity index (χ0) is 6.27. The van der Waals surface area contributed by atoms with Gasteiger partial charge in [0.2, 0.25) is 0 Å². The average molecular weight is 118 g/mol. The Hall–Kier alpha value is -0.780. The SMILES string of the molecule is Cc1cc2cc(c1)CC2. The molecule has 0 saturated carbocycles. The molecule has 0 unspecified atom stereocenters. The van der Waals surface area contributed by atoms with Gasteiger partial charge in [-0.1, -0.05) is 23.8 Å². The van der Waals surface area contributed by atoms with Crippen molar-refractivity contribution in [3.8, 4) is 0 Å². The molecule has 1 aromatic carbocycles. The standard InChI is InChI=1S/C9H10/c1-7-4-8-2-3-9(5-7)6-8/h4-6H,2-3H2,1H3. The number of benzene rings is 1. The molecule has 1 aliphatic carbocycles. The molecule has 1 aliphatic rings. The summed E-state index contributed by atoms with van der Waals surface area (Å²) in [5.41, 5.74) is 4.45. The molecule has 0 N–H and O–H groups in total. The second-order valence-electron chi connectivity index (χ2n) is 2.83. The highest BCUT2D eigenvalue weighted by Gasteiger charge is 2.05. The number of rotatable bonds is 0. The fourth-order valence-electron chi connectivity index (χ4n) is 1.53. The van der Waals surface area contributed by atoms with Gasteiger partial charge in [0.25, 0.3) is 0 Å². The summed E-state index contributed by atoms with van der Waals surface area (Å²) in [6.07, 6.45) is 2.53. The van der Waals surface area contributed by atoms with E-state index in [1.165, 1.54) is 29.5 Å². The lowest BCUT2D eigenvalue weighted by molar-refractivity contribution is 1.03. The van der Waals surface area contributed by atoms with Crippen LogP contribution in [-0.2, 0) is 12.8 Å². The Morgan fingerprint density at radius 1 is 1.00 bits per heavy atom. The lowest BCUT2D eigenvalue weighted by Crippen LogP contribution is -1.72. The lowest BCUT2D eigenvalue weighted by atomic mass is 10.2. The van der Waals surface area contributed by atoms with E-state index in [2.05, 4.69) is 25.1 Å². The van der Waals surface area contributed by atoms with Crippen LogP contribution < -0.4 is 0 Å². The largest absolute Gasteiger partial charge is 0.0561 e. The summed E-state index contributed by atoms with van der Waals surface area (Å²) in [5.74, 6) is 0. The third-order valence-electron chi connectivity index (χ3n) is 1.90. The van der Waals surface area contributed by atoms with Gasteiger partial charge in [-0.05, 0) is 30.9 Å². The van der Waals surface area contributed by atoms with Crippen molar-refractivity contribution < 1.29 is 0 Å². The third-order valence-corrected chi connectivity index (χ3v) is 1.90. The summed E-state index contributed by atoms with van der Waals surface area (Å²) in [7, 11) is 0. The Balaban J connectivity index is 2.64. The first-order valence-electron chi connectivity index (χ1n) is 3.44. The van der Waals surface area contributed by atoms with Gasteiger partial charge in [-0.25, -0.2) is 0 Å². The minimum Gasteiger partial charge on any atom is -0.0561 e. The van der Waals surface area contributed by atoms with Crippen molar-refractivity contribution >= 4 is 0 Å². The van der Waals surface area contributed by atoms with Crippen molar-refractivity contribution in [1.29, 1.82) is 0 Å². The topological polar surface area (TPSA) is 0 Å². The number of hydrogen-bond acceptors (Lipinski definition) is 0. The zero-order valence-corrected chi connectivity index (χ0v) is 5.65. The maximum atomic E-state index is 2.30. The molecule has 0 radical (unpaired) electrons. The van der Waals surface area contributed by atoms with Crippen molar-refractivity contribution in [2.24, 2.45) is 0 Å². The fraction of sp³-hybridized carbons (Fsp3) is 0.333. The number of aryl methyl sites for hydroxylation is 3. The molecule has 9 heavy (non-hydrogen) atoms. The van der Waals surface area contributed by atoms with Crippen LogP contribution in [0.3, 0.4) is 0 Å². The summed E-state index contributed by atoms with van der Waals surface area (Å²) >= 11 is 0. The van der Waals surface area contributed by atoms with E-state index in [-0.39, 0.29) is 0 Å². The Kier molecular flexibility index (Phi) is 0.895. The van der Waals surface area contributed by atoms with Gasteiger partial charge in [-0.2, -0.15) is 0 Å². The summed E-state index contributed by atoms with van der Waals surface area (Å²) in [6, 6.07) is 6.85. The highest BCUT2D eigenvalue weighted by molar-refractivity contribution is 5.34. The molecule has 0 saturated heterocycles. The molecule has 0 nitrogen and oxygen atoms in total. The minimum atomic E-state index is 1.27. The molecule has 0 heteroatoms. The number of hydrogen-bond donors (Lipinski definition) is 0. The second-order valence-corrected chi connectivity index (χ2v) is 2.83. The third kappa shape index (κ3) is 0.748. The Bertz CT molecular complexity index is 214. The smallest absolute Gasteiger partial charge is 0.0238 e. The van der Waals surface area contributed by atoms with Gasteiger partial charge >= 0.3 is 0 Å². The van der Waals surface area contributed by atoms with Gasteiger partial charge in [0.05, 0.1) is 0 Å². The lowest BCUT2D eigenvalue weighted by Gasteiger charge is -1.91. The van der Waals surface area contributed by atoms with Crippen LogP contribution in [0, 0.1) is 6.92 Å². The molecule has 0 spiro atoms. The highest BCUT2D eigenvalue weighted by atomic mass is 14.1. The van der Waals surface area contributed by atoms with Crippen LogP contribution in [0.1, 0.15) is 16.7 Å². The van der Waals surface area contributed by atoms with Crippen LogP contribution in [0.5, 0.6) is 0 Å². The Morgan fingerprint density at radius 2 is 1.56 bits per heavy atom. The first kappa shape index (κ1) is 5.04. The molecule has 46 valence electrons. The molecule has 0 heterocycles. The van der Waals surface area contributed by atoms with E-state index < -0.39 is 0 Å². The van der Waals surface area contributed by atoms with Crippen LogP contribution in [0.25, 0.3) is 0 Å². The molecule has 0 atom stereocenters. The summed E-state index contributed by atoms with van der Waals surface area (Å²) in [4.78, 5) is 0. The molecular weight excluding hydrogens is 108 g/mol. The Labute approximate surface area is 55.5 Å². The number of fused-ring (bicyclic) bond motifs is 2. The molecule has 0 amide bonds. The summed E-state index contributed by atoms with van der Waals surface area (Å²) in [6.45, 7) is 2.16. The van der Waals surface area contributed by atoms with Crippen molar-refractivity contribution in [1.82, 2.24) is 0 Å². The van der Waals surface area contributed by atoms with Crippen molar-refractivity contribution in [2.45, 2.75) is 19.8 Å². The van der Waals surface area contributed by atoms with Crippen molar-refractivity contribution in [3.05, 3.63) is 34.9 Å². The second kappa shape index (κ2) is 1.60. The van der Waals surface area contributed by atoms with Gasteiger partial charge in [-0.3, -0.25) is 0 Å². The van der Waals surface area contributed by atoms with Gasteiger partial charge in [0.15, 0.2) is 0 Å². The van der Waals surface area contributed by atoms with Gasteiger partial charge in [0, 0.05) is 0 Å². The molecule has 0 fully saturated rings. The molecular formula is C9H10. The average Bonchev–Trinajstić information content (AvgIpc) is 2.11. The monoisotopic (exact) mass is 118 g/mol. The van der Waals surface area contributed by atoms with Crippen molar-refractivity contribution in [3.63, 3.8) is 0 Å². The quantitative estimate of drug-likeness (QED) is 0.489. The van der Waals surface area contributed by atoms with Crippen LogP contribution in [0.15, 0.2) is 18.2 Å². The van der Waals surface area contributed by atoms with E-state index in [0.29, 0.717) is 0 Å². The predicted octanol–water partition coefficient (Wildman–Crippen LogP) is 2.09. The van der Waals surface area contributed by atoms with Crippen LogP contribution >= 0.6 is 0 Å². The molecule has 1 aromatic rings. The predicted molar refractivity (Wildman–Crippen MR) is 38.6 cm³/mol. The van der Waals surface area contributed by atoms with Crippen LogP contribution in [-0.4, -0.2) is 0 Å². The van der Waals surface area contributed by atoms with Gasteiger partial charge in [0.1, 0.15) is 0 Å². The van der Waals surface area contributed by atoms with Crippen LogP contribution in [0.4, 0.5) is 0 Å². The van der Waals surface area contributed by atoms with Crippen molar-refractivity contribution in [2.75, 3.05) is 0 Å². The van der Waals surface area contributed by atoms with E-state index in [1.54, 1.807) is 0 Å². The van der Waals surface area contributed by atoms with E-state index in [9.17, 15) is 0 Å². The van der Waals surface area contributed by atoms with E-state index in [4.69, 9.17) is 0 Å². The van der Waals surface area contributed by atoms with Crippen LogP contribution in [0.2, 0.25) is 0 Å². The summed E-state index contributed by atoms with van der Waals surface area (Å²) < 4.78 is 0. The zero-order valence-electron chi connectivity index (χ0n) is 5.65. The first-order chi connectivity index (χ1) is 4.34. The molecule has 0 aliphatic heterocycles. The fourth-order valence-corrected chi connectivity index (χ4v) is 1.53. The molecule has 2 bridgehead atoms. The van der Waals surface area contributed by atoms with E-state index >= 15 is 0 Å². The van der Waals surface area contributed by atoms with E-state index in [0.717, 1.165) is 0 Å². The van der Waals surface area contributed by atoms with Gasteiger partial charge in [-0.15, -0.1) is 0 Å². The maximum absolute atomic E-state index is 2.30.